The molecule has 0 saturated heterocycles. The highest BCUT2D eigenvalue weighted by Crippen LogP contribution is 2.33. The van der Waals surface area contributed by atoms with Crippen LogP contribution in [0.4, 0.5) is 5.69 Å². The van der Waals surface area contributed by atoms with Crippen LogP contribution in [0.25, 0.3) is 11.8 Å². The van der Waals surface area contributed by atoms with Crippen LogP contribution in [0.5, 0.6) is 0 Å². The standard InChI is InChI=1S/C26H25ClN8O4/c1-15-23-20(30-33(15)2)11-12-34(24(23)25(37)29-19-7-3-16(4-8-19)26(38)39)22(36)10-5-17-13-18(27)6-9-21(17)35-14-28-31-32-35/h3-10,13-15,24,30H,11-12H2,1-2H3,(H,29,37)(H,38,39)/b10-5+. The Morgan fingerprint density at radius 2 is 1.95 bits per heavy atom. The Bertz CT molecular complexity index is 1490. The maximum Gasteiger partial charge on any atom is 0.335 e. The Balaban J connectivity index is 1.44. The fraction of sp³-hybridized carbons (Fsp3) is 0.231. The molecule has 0 saturated carbocycles. The lowest BCUT2D eigenvalue weighted by Gasteiger charge is -2.36. The molecule has 0 bridgehead atoms. The summed E-state index contributed by atoms with van der Waals surface area (Å²) in [6, 6.07) is 9.99. The molecule has 3 aromatic rings. The molecular weight excluding hydrogens is 524 g/mol. The van der Waals surface area contributed by atoms with Crippen LogP contribution >= 0.6 is 11.6 Å². The molecule has 2 aliphatic heterocycles. The summed E-state index contributed by atoms with van der Waals surface area (Å²) in [6.45, 7) is 2.28. The van der Waals surface area contributed by atoms with Gasteiger partial charge in [0.05, 0.1) is 17.3 Å². The van der Waals surface area contributed by atoms with Crippen molar-refractivity contribution in [3.8, 4) is 5.69 Å². The average molecular weight is 549 g/mol. The van der Waals surface area contributed by atoms with Gasteiger partial charge in [-0.3, -0.25) is 9.59 Å². The zero-order valence-electron chi connectivity index (χ0n) is 21.1. The summed E-state index contributed by atoms with van der Waals surface area (Å²) in [5, 5.41) is 25.6. The van der Waals surface area contributed by atoms with Crippen molar-refractivity contribution >= 4 is 41.1 Å². The largest absolute Gasteiger partial charge is 0.478 e. The number of aromatic nitrogens is 4. The predicted molar refractivity (Wildman–Crippen MR) is 143 cm³/mol. The third kappa shape index (κ3) is 5.24. The van der Waals surface area contributed by atoms with Gasteiger partial charge in [0.15, 0.2) is 0 Å². The Labute approximate surface area is 228 Å². The molecular formula is C26H25ClN8O4. The molecule has 0 aliphatic carbocycles. The molecule has 3 N–H and O–H groups in total. The Morgan fingerprint density at radius 1 is 1.18 bits per heavy atom. The van der Waals surface area contributed by atoms with Crippen molar-refractivity contribution < 1.29 is 19.5 Å². The van der Waals surface area contributed by atoms with E-state index in [-0.39, 0.29) is 17.5 Å². The molecule has 2 atom stereocenters. The third-order valence-corrected chi connectivity index (χ3v) is 7.06. The van der Waals surface area contributed by atoms with E-state index in [9.17, 15) is 14.4 Å². The number of hydrogen-bond donors (Lipinski definition) is 3. The van der Waals surface area contributed by atoms with Crippen molar-refractivity contribution in [2.75, 3.05) is 18.9 Å². The molecule has 39 heavy (non-hydrogen) atoms. The normalized spacial score (nSPS) is 19.2. The van der Waals surface area contributed by atoms with E-state index in [1.165, 1.54) is 46.3 Å². The van der Waals surface area contributed by atoms with E-state index in [2.05, 4.69) is 26.3 Å². The zero-order valence-corrected chi connectivity index (χ0v) is 21.8. The molecule has 0 radical (unpaired) electrons. The highest BCUT2D eigenvalue weighted by Gasteiger charge is 2.43. The van der Waals surface area contributed by atoms with E-state index in [1.807, 2.05) is 19.0 Å². The number of benzene rings is 2. The number of carbonyl (C=O) groups is 3. The monoisotopic (exact) mass is 548 g/mol. The predicted octanol–water partition coefficient (Wildman–Crippen LogP) is 2.36. The summed E-state index contributed by atoms with van der Waals surface area (Å²) in [4.78, 5) is 40.0. The van der Waals surface area contributed by atoms with Crippen molar-refractivity contribution in [1.82, 2.24) is 35.5 Å². The maximum absolute atomic E-state index is 13.7. The second-order valence-corrected chi connectivity index (χ2v) is 9.62. The first kappa shape index (κ1) is 26.1. The number of rotatable bonds is 6. The third-order valence-electron chi connectivity index (χ3n) is 6.82. The fourth-order valence-electron chi connectivity index (χ4n) is 4.78. The Kier molecular flexibility index (Phi) is 7.13. The second-order valence-electron chi connectivity index (χ2n) is 9.18. The number of likely N-dealkylation sites (N-methyl/N-ethyl adjacent to an activating group) is 1. The van der Waals surface area contributed by atoms with Gasteiger partial charge >= 0.3 is 5.97 Å². The van der Waals surface area contributed by atoms with Crippen LogP contribution in [-0.4, -0.2) is 78.7 Å². The number of hydrazine groups is 1. The fourth-order valence-corrected chi connectivity index (χ4v) is 4.96. The van der Waals surface area contributed by atoms with Crippen LogP contribution < -0.4 is 10.7 Å². The van der Waals surface area contributed by atoms with E-state index in [0.29, 0.717) is 34.9 Å². The van der Waals surface area contributed by atoms with Crippen molar-refractivity contribution in [3.05, 3.63) is 82.3 Å². The topological polar surface area (TPSA) is 146 Å². The van der Waals surface area contributed by atoms with Gasteiger partial charge in [0, 0.05) is 53.6 Å². The SMILES string of the molecule is CC1C2=C(CCN(C(=O)/C=C/c3cc(Cl)ccc3-n3cnnn3)C2C(=O)Nc2ccc(C(=O)O)cc2)NN1C. The van der Waals surface area contributed by atoms with Crippen molar-refractivity contribution in [2.45, 2.75) is 25.4 Å². The van der Waals surface area contributed by atoms with Crippen molar-refractivity contribution in [1.29, 1.82) is 0 Å². The molecule has 3 heterocycles. The van der Waals surface area contributed by atoms with E-state index in [4.69, 9.17) is 16.7 Å². The van der Waals surface area contributed by atoms with Gasteiger partial charge in [0.1, 0.15) is 12.4 Å². The summed E-state index contributed by atoms with van der Waals surface area (Å²) in [7, 11) is 1.88. The zero-order chi connectivity index (χ0) is 27.7. The van der Waals surface area contributed by atoms with Crippen LogP contribution in [0.15, 0.2) is 66.1 Å². The Morgan fingerprint density at radius 3 is 2.64 bits per heavy atom. The van der Waals surface area contributed by atoms with Crippen LogP contribution in [0.3, 0.4) is 0 Å². The number of nitrogens with one attached hydrogen (secondary N) is 2. The molecule has 2 amide bonds. The number of amides is 2. The summed E-state index contributed by atoms with van der Waals surface area (Å²) in [5.74, 6) is -1.81. The van der Waals surface area contributed by atoms with Gasteiger partial charge < -0.3 is 20.7 Å². The highest BCUT2D eigenvalue weighted by atomic mass is 35.5. The minimum Gasteiger partial charge on any atom is -0.478 e. The van der Waals surface area contributed by atoms with E-state index < -0.39 is 17.9 Å². The second kappa shape index (κ2) is 10.7. The number of hydrogen-bond acceptors (Lipinski definition) is 8. The molecule has 13 heteroatoms. The number of carboxylic acids is 1. The van der Waals surface area contributed by atoms with Crippen LogP contribution in [0, 0.1) is 0 Å². The quantitative estimate of drug-likeness (QED) is 0.395. The molecule has 2 aliphatic rings. The molecule has 2 aromatic carbocycles. The number of carbonyl (C=O) groups excluding carboxylic acids is 2. The number of tetrazole rings is 1. The first-order valence-electron chi connectivity index (χ1n) is 12.1. The van der Waals surface area contributed by atoms with E-state index in [0.717, 1.165) is 11.3 Å². The summed E-state index contributed by atoms with van der Waals surface area (Å²) >= 11 is 6.21. The van der Waals surface area contributed by atoms with Gasteiger partial charge in [0.2, 0.25) is 5.91 Å². The minimum absolute atomic E-state index is 0.106. The molecule has 2 unspecified atom stereocenters. The number of carboxylic acid groups (broad SMARTS) is 1. The molecule has 0 fully saturated rings. The van der Waals surface area contributed by atoms with Gasteiger partial charge in [-0.2, -0.15) is 4.68 Å². The lowest BCUT2D eigenvalue weighted by molar-refractivity contribution is -0.134. The highest BCUT2D eigenvalue weighted by molar-refractivity contribution is 6.30. The van der Waals surface area contributed by atoms with Crippen molar-refractivity contribution in [2.24, 2.45) is 0 Å². The van der Waals surface area contributed by atoms with E-state index >= 15 is 0 Å². The van der Waals surface area contributed by atoms with Gasteiger partial charge in [-0.1, -0.05) is 11.6 Å². The number of nitrogens with zero attached hydrogens (tertiary/aromatic N) is 6. The summed E-state index contributed by atoms with van der Waals surface area (Å²) < 4.78 is 1.46. The molecule has 0 spiro atoms. The minimum atomic E-state index is -1.06. The summed E-state index contributed by atoms with van der Waals surface area (Å²) in [6.07, 6.45) is 5.03. The van der Waals surface area contributed by atoms with Gasteiger partial charge in [0.25, 0.3) is 5.91 Å². The lowest BCUT2D eigenvalue weighted by Crippen LogP contribution is -2.52. The Hall–Kier alpha value is -4.55. The number of aromatic carboxylic acids is 1. The first-order chi connectivity index (χ1) is 18.7. The average Bonchev–Trinajstić information content (AvgIpc) is 3.55. The number of halogens is 1. The van der Waals surface area contributed by atoms with Crippen molar-refractivity contribution in [3.63, 3.8) is 0 Å². The van der Waals surface area contributed by atoms with Gasteiger partial charge in [-0.05, 0) is 65.9 Å². The summed E-state index contributed by atoms with van der Waals surface area (Å²) in [5.41, 5.74) is 6.80. The smallest absolute Gasteiger partial charge is 0.335 e. The maximum atomic E-state index is 13.7. The number of anilines is 1. The van der Waals surface area contributed by atoms with Gasteiger partial charge in [-0.15, -0.1) is 5.10 Å². The molecule has 12 nitrogen and oxygen atoms in total. The molecule has 1 aromatic heterocycles. The first-order valence-corrected chi connectivity index (χ1v) is 12.5. The van der Waals surface area contributed by atoms with Gasteiger partial charge in [-0.25, -0.2) is 9.80 Å². The molecule has 5 rings (SSSR count). The van der Waals surface area contributed by atoms with Crippen LogP contribution in [-0.2, 0) is 9.59 Å². The van der Waals surface area contributed by atoms with E-state index in [1.54, 1.807) is 24.3 Å². The molecule has 200 valence electrons. The lowest BCUT2D eigenvalue weighted by atomic mass is 9.92. The van der Waals surface area contributed by atoms with Crippen LogP contribution in [0.1, 0.15) is 29.3 Å². The van der Waals surface area contributed by atoms with Crippen LogP contribution in [0.2, 0.25) is 5.02 Å².